The lowest BCUT2D eigenvalue weighted by Crippen LogP contribution is -2.61. The molecule has 6 nitrogen and oxygen atoms in total. The highest BCUT2D eigenvalue weighted by Crippen LogP contribution is 2.37. The van der Waals surface area contributed by atoms with Gasteiger partial charge in [0.05, 0.1) is 12.4 Å². The van der Waals surface area contributed by atoms with E-state index in [4.69, 9.17) is 5.73 Å². The second-order valence-electron chi connectivity index (χ2n) is 7.55. The molecule has 2 bridgehead atoms. The number of likely N-dealkylation sites (tertiary alicyclic amines) is 1. The largest absolute Gasteiger partial charge is 0.348 e. The number of imidazole rings is 1. The highest BCUT2D eigenvalue weighted by Gasteiger charge is 2.43. The molecular weight excluding hydrogens is 361 g/mol. The average molecular weight is 390 g/mol. The third-order valence-corrected chi connectivity index (χ3v) is 5.89. The highest BCUT2D eigenvalue weighted by atomic mass is 35.5. The summed E-state index contributed by atoms with van der Waals surface area (Å²) in [5.74, 6) is 1.39. The minimum Gasteiger partial charge on any atom is -0.348 e. The Bertz CT molecular complexity index is 555. The molecule has 0 unspecified atom stereocenters. The number of halogens is 2. The topological polar surface area (TPSA) is 78.2 Å². The number of hydrogen-bond acceptors (Lipinski definition) is 4. The Balaban J connectivity index is 0.00000113. The summed E-state index contributed by atoms with van der Waals surface area (Å²) in [5, 5.41) is 0. The van der Waals surface area contributed by atoms with Crippen LogP contribution in [0, 0.1) is 11.8 Å². The molecule has 1 aromatic heterocycles. The predicted octanol–water partition coefficient (Wildman–Crippen LogP) is 1.46. The molecule has 0 aliphatic carbocycles. The molecule has 25 heavy (non-hydrogen) atoms. The van der Waals surface area contributed by atoms with Crippen molar-refractivity contribution in [3.8, 4) is 0 Å². The van der Waals surface area contributed by atoms with Crippen molar-refractivity contribution < 1.29 is 4.79 Å². The number of carbonyl (C=O) groups excluding carboxylic acids is 1. The zero-order chi connectivity index (χ0) is 15.8. The summed E-state index contributed by atoms with van der Waals surface area (Å²) in [4.78, 5) is 24.5. The number of aromatic amines is 1. The molecule has 1 aromatic rings. The van der Waals surface area contributed by atoms with Crippen LogP contribution in [0.3, 0.4) is 0 Å². The molecule has 4 rings (SSSR count). The van der Waals surface area contributed by atoms with E-state index in [-0.39, 0.29) is 30.7 Å². The first kappa shape index (κ1) is 20.5. The van der Waals surface area contributed by atoms with E-state index in [0.717, 1.165) is 18.8 Å². The van der Waals surface area contributed by atoms with Crippen molar-refractivity contribution >= 4 is 30.7 Å². The molecule has 3 N–H and O–H groups in total. The number of aromatic nitrogens is 2. The normalized spacial score (nSPS) is 29.8. The molecule has 0 radical (unpaired) electrons. The fourth-order valence-corrected chi connectivity index (χ4v) is 4.90. The number of piperidine rings is 3. The van der Waals surface area contributed by atoms with Gasteiger partial charge in [-0.3, -0.25) is 9.69 Å². The molecule has 8 heteroatoms. The van der Waals surface area contributed by atoms with Gasteiger partial charge >= 0.3 is 0 Å². The maximum Gasteiger partial charge on any atom is 0.239 e. The van der Waals surface area contributed by atoms with Gasteiger partial charge in [0.1, 0.15) is 0 Å². The monoisotopic (exact) mass is 389 g/mol. The van der Waals surface area contributed by atoms with Crippen LogP contribution in [0.5, 0.6) is 0 Å². The SMILES string of the molecule is Cl.Cl.N[C@@H](Cc1cnc[nH]1)C(=O)N1C[C@@H]2C[C@H](C1)[C@@H]1CCCCN1C2. The Hall–Kier alpha value is -0.820. The number of nitrogens with one attached hydrogen (secondary N) is 1. The van der Waals surface area contributed by atoms with E-state index in [1.54, 1.807) is 12.5 Å². The molecular formula is C17H29Cl2N5O. The number of fused-ring (bicyclic) bond motifs is 4. The Morgan fingerprint density at radius 1 is 1.32 bits per heavy atom. The van der Waals surface area contributed by atoms with Crippen molar-refractivity contribution in [3.05, 3.63) is 18.2 Å². The van der Waals surface area contributed by atoms with E-state index in [0.29, 0.717) is 24.3 Å². The van der Waals surface area contributed by atoms with Crippen LogP contribution in [0.15, 0.2) is 12.5 Å². The maximum atomic E-state index is 12.8. The third kappa shape index (κ3) is 4.30. The predicted molar refractivity (Wildman–Crippen MR) is 102 cm³/mol. The zero-order valence-electron chi connectivity index (χ0n) is 14.5. The lowest BCUT2D eigenvalue weighted by molar-refractivity contribution is -0.139. The molecule has 3 fully saturated rings. The van der Waals surface area contributed by atoms with Gasteiger partial charge in [-0.15, -0.1) is 24.8 Å². The van der Waals surface area contributed by atoms with E-state index in [9.17, 15) is 4.79 Å². The van der Waals surface area contributed by atoms with Gasteiger partial charge in [-0.1, -0.05) is 6.42 Å². The first-order valence-corrected chi connectivity index (χ1v) is 8.96. The Kier molecular flexibility index (Phi) is 7.14. The third-order valence-electron chi connectivity index (χ3n) is 5.89. The number of nitrogens with two attached hydrogens (primary N) is 1. The van der Waals surface area contributed by atoms with Crippen LogP contribution in [0.4, 0.5) is 0 Å². The summed E-state index contributed by atoms with van der Waals surface area (Å²) in [6.07, 6.45) is 9.21. The second-order valence-corrected chi connectivity index (χ2v) is 7.55. The average Bonchev–Trinajstić information content (AvgIpc) is 3.07. The summed E-state index contributed by atoms with van der Waals surface area (Å²) in [6, 6.07) is 0.233. The molecule has 3 aliphatic heterocycles. The summed E-state index contributed by atoms with van der Waals surface area (Å²) in [5.41, 5.74) is 7.10. The Morgan fingerprint density at radius 3 is 2.92 bits per heavy atom. The van der Waals surface area contributed by atoms with Crippen LogP contribution >= 0.6 is 24.8 Å². The smallest absolute Gasteiger partial charge is 0.239 e. The van der Waals surface area contributed by atoms with Gasteiger partial charge in [-0.05, 0) is 37.6 Å². The molecule has 0 aromatic carbocycles. The molecule has 0 spiro atoms. The Morgan fingerprint density at radius 2 is 2.16 bits per heavy atom. The van der Waals surface area contributed by atoms with Crippen LogP contribution in [-0.2, 0) is 11.2 Å². The van der Waals surface area contributed by atoms with Crippen molar-refractivity contribution in [2.45, 2.75) is 44.2 Å². The minimum atomic E-state index is -0.461. The number of carbonyl (C=O) groups is 1. The maximum absolute atomic E-state index is 12.8. The Labute approximate surface area is 161 Å². The van der Waals surface area contributed by atoms with Crippen molar-refractivity contribution in [3.63, 3.8) is 0 Å². The van der Waals surface area contributed by atoms with E-state index in [2.05, 4.69) is 14.9 Å². The standard InChI is InChI=1S/C17H27N5O.2ClH/c18-15(6-14-7-19-11-20-14)17(23)22-9-12-5-13(10-22)16-3-1-2-4-21(16)8-12;;/h7,11-13,15-16H,1-6,8-10,18H2,(H,19,20);2*1H/t12-,13-,15+,16+;;/m1../s1. The van der Waals surface area contributed by atoms with Crippen LogP contribution < -0.4 is 5.73 Å². The fraction of sp³-hybridized carbons (Fsp3) is 0.765. The quantitative estimate of drug-likeness (QED) is 0.819. The molecule has 3 saturated heterocycles. The van der Waals surface area contributed by atoms with Crippen LogP contribution in [0.1, 0.15) is 31.4 Å². The van der Waals surface area contributed by atoms with E-state index in [1.165, 1.54) is 38.8 Å². The van der Waals surface area contributed by atoms with Crippen LogP contribution in [0.2, 0.25) is 0 Å². The number of nitrogens with zero attached hydrogens (tertiary/aromatic N) is 3. The first-order valence-electron chi connectivity index (χ1n) is 8.96. The molecule has 4 heterocycles. The van der Waals surface area contributed by atoms with Gasteiger partial charge in [0.15, 0.2) is 0 Å². The highest BCUT2D eigenvalue weighted by molar-refractivity contribution is 5.85. The lowest BCUT2D eigenvalue weighted by atomic mass is 9.76. The molecule has 4 atom stereocenters. The number of hydrogen-bond donors (Lipinski definition) is 2. The zero-order valence-corrected chi connectivity index (χ0v) is 16.1. The van der Waals surface area contributed by atoms with E-state index in [1.807, 2.05) is 4.90 Å². The summed E-state index contributed by atoms with van der Waals surface area (Å²) < 4.78 is 0. The van der Waals surface area contributed by atoms with Crippen molar-refractivity contribution in [2.75, 3.05) is 26.2 Å². The van der Waals surface area contributed by atoms with Gasteiger partial charge in [-0.2, -0.15) is 0 Å². The van der Waals surface area contributed by atoms with Crippen molar-refractivity contribution in [1.82, 2.24) is 19.8 Å². The van der Waals surface area contributed by atoms with Gasteiger partial charge in [-0.25, -0.2) is 4.98 Å². The van der Waals surface area contributed by atoms with Gasteiger partial charge < -0.3 is 15.6 Å². The summed E-state index contributed by atoms with van der Waals surface area (Å²) in [7, 11) is 0. The molecule has 0 saturated carbocycles. The van der Waals surface area contributed by atoms with Crippen LogP contribution in [0.25, 0.3) is 0 Å². The van der Waals surface area contributed by atoms with Gasteiger partial charge in [0.25, 0.3) is 0 Å². The first-order chi connectivity index (χ1) is 11.2. The molecule has 142 valence electrons. The number of rotatable bonds is 3. The van der Waals surface area contributed by atoms with Crippen molar-refractivity contribution in [1.29, 1.82) is 0 Å². The second kappa shape index (κ2) is 8.71. The minimum absolute atomic E-state index is 0. The fourth-order valence-electron chi connectivity index (χ4n) is 4.90. The van der Waals surface area contributed by atoms with Gasteiger partial charge in [0, 0.05) is 44.0 Å². The molecule has 1 amide bonds. The van der Waals surface area contributed by atoms with E-state index < -0.39 is 6.04 Å². The number of H-pyrrole nitrogens is 1. The van der Waals surface area contributed by atoms with E-state index >= 15 is 0 Å². The molecule has 3 aliphatic rings. The lowest BCUT2D eigenvalue weighted by Gasteiger charge is -2.52. The van der Waals surface area contributed by atoms with Gasteiger partial charge in [0.2, 0.25) is 5.91 Å². The summed E-state index contributed by atoms with van der Waals surface area (Å²) in [6.45, 7) is 4.20. The van der Waals surface area contributed by atoms with Crippen molar-refractivity contribution in [2.24, 2.45) is 17.6 Å². The number of amides is 1. The summed E-state index contributed by atoms with van der Waals surface area (Å²) >= 11 is 0. The van der Waals surface area contributed by atoms with Crippen LogP contribution in [-0.4, -0.2) is 63.9 Å².